The predicted molar refractivity (Wildman–Crippen MR) is 110 cm³/mol. The number of para-hydroxylation sites is 1. The maximum Gasteiger partial charge on any atom is -1.00 e. The molecule has 4 heteroatoms. The molecule has 0 N–H and O–H groups in total. The molecule has 5 rings (SSSR count). The van der Waals surface area contributed by atoms with Crippen molar-refractivity contribution in [2.45, 2.75) is 30.8 Å². The molecule has 1 aromatic heterocycles. The molecule has 1 unspecified atom stereocenters. The van der Waals surface area contributed by atoms with Gasteiger partial charge in [-0.05, 0) is 0 Å². The van der Waals surface area contributed by atoms with Crippen molar-refractivity contribution in [3.63, 3.8) is 0 Å². The Morgan fingerprint density at radius 2 is 1.66 bits per heavy atom. The molecule has 0 radical (unpaired) electrons. The summed E-state index contributed by atoms with van der Waals surface area (Å²) in [6, 6.07) is 18.1. The standard InChI is InChI=1S/C16H12N.C9H13.2ClH.Zr/c1-17-15-9-5-4-8-13(15)14-10-11-6-2-3-7-12(11)16(14)17;1-9(2,3)8-6-4-5-7-8;;;/h2-10H,1H3;6-7H,4H2,1-3H3;2*1H;/q;;;;+2/p-2. The van der Waals surface area contributed by atoms with Crippen LogP contribution in [-0.2, 0) is 30.3 Å². The number of hydrogen-bond donors (Lipinski definition) is 0. The Morgan fingerprint density at radius 3 is 2.38 bits per heavy atom. The molecule has 0 bridgehead atoms. The van der Waals surface area contributed by atoms with Gasteiger partial charge in [-0.1, -0.05) is 0 Å². The molecule has 0 spiro atoms. The van der Waals surface area contributed by atoms with Crippen LogP contribution in [0.1, 0.15) is 41.9 Å². The van der Waals surface area contributed by atoms with Crippen LogP contribution in [0.2, 0.25) is 0 Å². The molecule has 1 nitrogen and oxygen atoms in total. The third kappa shape index (κ3) is 3.62. The van der Waals surface area contributed by atoms with E-state index in [0.29, 0.717) is 3.63 Å². The van der Waals surface area contributed by atoms with Crippen molar-refractivity contribution in [3.8, 4) is 11.3 Å². The van der Waals surface area contributed by atoms with Gasteiger partial charge < -0.3 is 24.8 Å². The van der Waals surface area contributed by atoms with Crippen molar-refractivity contribution >= 4 is 10.9 Å². The quantitative estimate of drug-likeness (QED) is 0.485. The number of benzene rings is 2. The smallest absolute Gasteiger partial charge is 1.00 e. The van der Waals surface area contributed by atoms with E-state index in [0.717, 1.165) is 0 Å². The van der Waals surface area contributed by atoms with E-state index in [9.17, 15) is 0 Å². The summed E-state index contributed by atoms with van der Waals surface area (Å²) in [6.07, 6.45) is 6.19. The van der Waals surface area contributed by atoms with Crippen LogP contribution in [0.4, 0.5) is 0 Å². The van der Waals surface area contributed by atoms with Crippen LogP contribution in [0.3, 0.4) is 0 Å². The van der Waals surface area contributed by atoms with Crippen LogP contribution in [0.25, 0.3) is 22.2 Å². The topological polar surface area (TPSA) is 4.93 Å². The van der Waals surface area contributed by atoms with Gasteiger partial charge in [-0.2, -0.15) is 0 Å². The second-order valence-corrected chi connectivity index (χ2v) is 12.5. The fourth-order valence-electron chi connectivity index (χ4n) is 4.64. The normalized spacial score (nSPS) is 16.9. The maximum absolute atomic E-state index is 2.54. The van der Waals surface area contributed by atoms with E-state index in [1.54, 1.807) is 14.4 Å². The number of halogens is 2. The van der Waals surface area contributed by atoms with Crippen molar-refractivity contribution in [2.75, 3.05) is 0 Å². The number of hydrogen-bond acceptors (Lipinski definition) is 0. The molecule has 2 aliphatic rings. The van der Waals surface area contributed by atoms with E-state index >= 15 is 0 Å². The second-order valence-electron chi connectivity index (χ2n) is 8.79. The fourth-order valence-corrected chi connectivity index (χ4v) is 8.76. The zero-order chi connectivity index (χ0) is 18.8. The Hall–Kier alpha value is -1.08. The molecule has 29 heavy (non-hydrogen) atoms. The minimum atomic E-state index is -0.767. The summed E-state index contributed by atoms with van der Waals surface area (Å²) in [7, 11) is 2.24. The predicted octanol–water partition coefficient (Wildman–Crippen LogP) is 0.599. The number of rotatable bonds is 2. The molecule has 2 aliphatic carbocycles. The third-order valence-electron chi connectivity index (χ3n) is 6.03. The average Bonchev–Trinajstić information content (AvgIpc) is 3.31. The van der Waals surface area contributed by atoms with Crippen LogP contribution in [-0.4, -0.2) is 4.57 Å². The minimum Gasteiger partial charge on any atom is -1.00 e. The summed E-state index contributed by atoms with van der Waals surface area (Å²) in [5.74, 6) is 0. The first kappa shape index (κ1) is 22.6. The second kappa shape index (κ2) is 8.22. The van der Waals surface area contributed by atoms with Gasteiger partial charge in [0.25, 0.3) is 0 Å². The maximum atomic E-state index is 2.54. The summed E-state index contributed by atoms with van der Waals surface area (Å²) < 4.78 is 4.79. The van der Waals surface area contributed by atoms with Crippen molar-refractivity contribution in [1.82, 2.24) is 4.57 Å². The first-order chi connectivity index (χ1) is 12.9. The van der Waals surface area contributed by atoms with Gasteiger partial charge in [-0.25, -0.2) is 0 Å². The van der Waals surface area contributed by atoms with Crippen LogP contribution in [0.5, 0.6) is 0 Å². The van der Waals surface area contributed by atoms with Crippen molar-refractivity contribution in [3.05, 3.63) is 80.7 Å². The van der Waals surface area contributed by atoms with E-state index in [-0.39, 0.29) is 30.2 Å². The number of fused-ring (bicyclic) bond motifs is 5. The number of aromatic nitrogens is 1. The molecule has 0 fully saturated rings. The Morgan fingerprint density at radius 1 is 0.966 bits per heavy atom. The van der Waals surface area contributed by atoms with Gasteiger partial charge in [0.15, 0.2) is 0 Å². The summed E-state index contributed by atoms with van der Waals surface area (Å²) in [5, 5.41) is 1.46. The summed E-state index contributed by atoms with van der Waals surface area (Å²) in [6.45, 7) is 6.99. The molecule has 1 atom stereocenters. The van der Waals surface area contributed by atoms with Gasteiger partial charge in [-0.15, -0.1) is 0 Å². The Kier molecular flexibility index (Phi) is 6.41. The van der Waals surface area contributed by atoms with E-state index in [2.05, 4.69) is 93.1 Å². The average molecular weight is 502 g/mol. The Balaban J connectivity index is 0.00000120. The minimum absolute atomic E-state index is 0. The molecular formula is C25H25Cl2NZr. The van der Waals surface area contributed by atoms with E-state index in [4.69, 9.17) is 0 Å². The molecule has 1 heterocycles. The Bertz CT molecular complexity index is 1130. The third-order valence-corrected chi connectivity index (χ3v) is 9.98. The van der Waals surface area contributed by atoms with Crippen molar-refractivity contribution in [2.24, 2.45) is 12.5 Å². The van der Waals surface area contributed by atoms with Gasteiger partial charge in [0.1, 0.15) is 0 Å². The first-order valence-electron chi connectivity index (χ1n) is 9.79. The fraction of sp³-hybridized carbons (Fsp3) is 0.280. The summed E-state index contributed by atoms with van der Waals surface area (Å²) in [5.41, 5.74) is 9.25. The number of aryl methyl sites for hydroxylation is 1. The van der Waals surface area contributed by atoms with Gasteiger partial charge in [0, 0.05) is 0 Å². The largest absolute Gasteiger partial charge is 1.00 e. The zero-order valence-corrected chi connectivity index (χ0v) is 21.2. The van der Waals surface area contributed by atoms with Gasteiger partial charge in [-0.3, -0.25) is 0 Å². The van der Waals surface area contributed by atoms with Crippen LogP contribution < -0.4 is 24.8 Å². The van der Waals surface area contributed by atoms with Crippen LogP contribution >= 0.6 is 0 Å². The van der Waals surface area contributed by atoms with Gasteiger partial charge in [0.05, 0.1) is 0 Å². The summed E-state index contributed by atoms with van der Waals surface area (Å²) >= 11 is -0.767. The SMILES string of the molecule is Cn1c2c(c3ccccc31)[CH]([Zr+2][C]1=CC(C(C)(C)C)=CC1)c1ccccc1-2.[Cl-].[Cl-]. The first-order valence-corrected chi connectivity index (χ1v) is 12.4. The monoisotopic (exact) mass is 499 g/mol. The van der Waals surface area contributed by atoms with Crippen LogP contribution in [0, 0.1) is 5.41 Å². The number of allylic oxidation sites excluding steroid dienone is 4. The molecule has 0 saturated heterocycles. The van der Waals surface area contributed by atoms with Gasteiger partial charge in [0.2, 0.25) is 0 Å². The summed E-state index contributed by atoms with van der Waals surface area (Å²) in [4.78, 5) is 0. The van der Waals surface area contributed by atoms with Crippen LogP contribution in [0.15, 0.2) is 69.5 Å². The zero-order valence-electron chi connectivity index (χ0n) is 17.3. The molecule has 2 aromatic carbocycles. The molecule has 3 aromatic rings. The van der Waals surface area contributed by atoms with E-state index in [1.807, 2.05) is 0 Å². The molecule has 0 amide bonds. The van der Waals surface area contributed by atoms with Crippen molar-refractivity contribution < 1.29 is 48.0 Å². The molecule has 148 valence electrons. The van der Waals surface area contributed by atoms with Gasteiger partial charge >= 0.3 is 174 Å². The number of nitrogens with zero attached hydrogens (tertiary/aromatic N) is 1. The molecule has 0 aliphatic heterocycles. The molecule has 0 saturated carbocycles. The Labute approximate surface area is 197 Å². The van der Waals surface area contributed by atoms with E-state index in [1.165, 1.54) is 34.2 Å². The molecular weight excluding hydrogens is 476 g/mol. The van der Waals surface area contributed by atoms with E-state index < -0.39 is 23.2 Å². The van der Waals surface area contributed by atoms with Crippen molar-refractivity contribution in [1.29, 1.82) is 0 Å².